The van der Waals surface area contributed by atoms with E-state index in [9.17, 15) is 26.3 Å². The van der Waals surface area contributed by atoms with Crippen molar-refractivity contribution in [1.82, 2.24) is 0 Å². The van der Waals surface area contributed by atoms with Crippen LogP contribution in [0.4, 0.5) is 26.3 Å². The first-order valence-corrected chi connectivity index (χ1v) is 7.79. The topological polar surface area (TPSA) is 18.5 Å². The van der Waals surface area contributed by atoms with Gasteiger partial charge in [-0.25, -0.2) is 17.6 Å². The molecule has 0 heterocycles. The molecule has 0 aliphatic rings. The van der Waals surface area contributed by atoms with E-state index in [0.717, 1.165) is 24.3 Å². The lowest BCUT2D eigenvalue weighted by Crippen LogP contribution is -2.25. The van der Waals surface area contributed by atoms with Gasteiger partial charge in [-0.2, -0.15) is 8.78 Å². The van der Waals surface area contributed by atoms with Crippen LogP contribution in [-0.2, 0) is 6.11 Å². The second-order valence-electron chi connectivity index (χ2n) is 5.59. The molecule has 0 saturated heterocycles. The Hall–Kier alpha value is -2.90. The van der Waals surface area contributed by atoms with Crippen LogP contribution in [0.2, 0.25) is 0 Å². The van der Waals surface area contributed by atoms with Crippen LogP contribution < -0.4 is 9.47 Å². The molecule has 0 bridgehead atoms. The summed E-state index contributed by atoms with van der Waals surface area (Å²) in [5.74, 6) is -6.08. The molecule has 27 heavy (non-hydrogen) atoms. The summed E-state index contributed by atoms with van der Waals surface area (Å²) >= 11 is 0. The number of hydrogen-bond acceptors (Lipinski definition) is 2. The van der Waals surface area contributed by atoms with Crippen LogP contribution in [0.1, 0.15) is 12.5 Å². The van der Waals surface area contributed by atoms with E-state index in [2.05, 4.69) is 4.74 Å². The van der Waals surface area contributed by atoms with E-state index in [1.807, 2.05) is 0 Å². The summed E-state index contributed by atoms with van der Waals surface area (Å²) < 4.78 is 92.6. The molecule has 3 aromatic carbocycles. The molecule has 0 aromatic heterocycles. The molecule has 0 unspecified atom stereocenters. The Kier molecular flexibility index (Phi) is 4.91. The average Bonchev–Trinajstić information content (AvgIpc) is 2.55. The summed E-state index contributed by atoms with van der Waals surface area (Å²) in [6, 6.07) is 6.21. The van der Waals surface area contributed by atoms with Crippen LogP contribution in [0, 0.1) is 23.3 Å². The SMILES string of the molecule is CCOc1cc(F)c(C(F)(F)Oc2ccc3cc(F)c(F)cc3c2)c(F)c1. The summed E-state index contributed by atoms with van der Waals surface area (Å²) in [7, 11) is 0. The molecule has 3 aromatic rings. The van der Waals surface area contributed by atoms with Crippen molar-refractivity contribution in [3.05, 3.63) is 71.3 Å². The first kappa shape index (κ1) is 18.9. The van der Waals surface area contributed by atoms with Crippen molar-refractivity contribution in [3.8, 4) is 11.5 Å². The normalized spacial score (nSPS) is 11.7. The van der Waals surface area contributed by atoms with Gasteiger partial charge in [0.05, 0.1) is 6.61 Å². The smallest absolute Gasteiger partial charge is 0.432 e. The number of ether oxygens (including phenoxy) is 2. The van der Waals surface area contributed by atoms with Crippen molar-refractivity contribution in [2.75, 3.05) is 6.61 Å². The maximum atomic E-state index is 14.3. The molecular formula is C19H12F6O2. The average molecular weight is 386 g/mol. The third-order valence-electron chi connectivity index (χ3n) is 3.71. The van der Waals surface area contributed by atoms with Gasteiger partial charge in [-0.1, -0.05) is 6.07 Å². The van der Waals surface area contributed by atoms with Crippen LogP contribution in [0.15, 0.2) is 42.5 Å². The van der Waals surface area contributed by atoms with E-state index in [0.29, 0.717) is 12.1 Å². The van der Waals surface area contributed by atoms with Gasteiger partial charge in [-0.05, 0) is 42.0 Å². The minimum atomic E-state index is -4.36. The Bertz CT molecular complexity index is 980. The molecule has 0 aliphatic carbocycles. The van der Waals surface area contributed by atoms with Gasteiger partial charge in [0.15, 0.2) is 11.6 Å². The maximum absolute atomic E-state index is 14.3. The Morgan fingerprint density at radius 3 is 1.93 bits per heavy atom. The van der Waals surface area contributed by atoms with Crippen LogP contribution >= 0.6 is 0 Å². The highest BCUT2D eigenvalue weighted by atomic mass is 19.3. The summed E-state index contributed by atoms with van der Waals surface area (Å²) in [5, 5.41) is 0.317. The van der Waals surface area contributed by atoms with Crippen LogP contribution in [0.3, 0.4) is 0 Å². The summed E-state index contributed by atoms with van der Waals surface area (Å²) in [5.41, 5.74) is -1.59. The lowest BCUT2D eigenvalue weighted by atomic mass is 10.1. The van der Waals surface area contributed by atoms with Crippen molar-refractivity contribution in [3.63, 3.8) is 0 Å². The molecule has 0 spiro atoms. The summed E-state index contributed by atoms with van der Waals surface area (Å²) in [6.45, 7) is 1.66. The van der Waals surface area contributed by atoms with Gasteiger partial charge in [0.1, 0.15) is 28.7 Å². The Labute approximate surface area is 149 Å². The zero-order valence-electron chi connectivity index (χ0n) is 13.8. The Morgan fingerprint density at radius 2 is 1.33 bits per heavy atom. The number of hydrogen-bond donors (Lipinski definition) is 0. The third-order valence-corrected chi connectivity index (χ3v) is 3.71. The second-order valence-corrected chi connectivity index (χ2v) is 5.59. The van der Waals surface area contributed by atoms with Gasteiger partial charge in [0.2, 0.25) is 0 Å². The Morgan fingerprint density at radius 1 is 0.741 bits per heavy atom. The van der Waals surface area contributed by atoms with E-state index in [1.165, 1.54) is 6.07 Å². The van der Waals surface area contributed by atoms with Gasteiger partial charge in [0, 0.05) is 12.1 Å². The van der Waals surface area contributed by atoms with E-state index < -0.39 is 40.7 Å². The molecule has 0 fully saturated rings. The number of alkyl halides is 2. The van der Waals surface area contributed by atoms with Gasteiger partial charge in [-0.3, -0.25) is 0 Å². The minimum Gasteiger partial charge on any atom is -0.494 e. The molecule has 2 nitrogen and oxygen atoms in total. The van der Waals surface area contributed by atoms with Crippen molar-refractivity contribution >= 4 is 10.8 Å². The molecule has 8 heteroatoms. The van der Waals surface area contributed by atoms with Crippen LogP contribution in [-0.4, -0.2) is 6.61 Å². The third kappa shape index (κ3) is 3.79. The highest BCUT2D eigenvalue weighted by molar-refractivity contribution is 5.84. The van der Waals surface area contributed by atoms with Crippen molar-refractivity contribution in [2.45, 2.75) is 13.0 Å². The molecule has 0 radical (unpaired) electrons. The lowest BCUT2D eigenvalue weighted by Gasteiger charge is -2.20. The van der Waals surface area contributed by atoms with Crippen molar-refractivity contribution < 1.29 is 35.8 Å². The predicted octanol–water partition coefficient (Wildman–Crippen LogP) is 5.92. The van der Waals surface area contributed by atoms with Gasteiger partial charge in [-0.15, -0.1) is 0 Å². The van der Waals surface area contributed by atoms with Gasteiger partial charge in [0.25, 0.3) is 0 Å². The molecule has 142 valence electrons. The quantitative estimate of drug-likeness (QED) is 0.507. The molecule has 0 aliphatic heterocycles. The fourth-order valence-electron chi connectivity index (χ4n) is 2.56. The van der Waals surface area contributed by atoms with Crippen LogP contribution in [0.5, 0.6) is 11.5 Å². The fraction of sp³-hybridized carbons (Fsp3) is 0.158. The predicted molar refractivity (Wildman–Crippen MR) is 85.9 cm³/mol. The van der Waals surface area contributed by atoms with E-state index in [1.54, 1.807) is 6.92 Å². The molecule has 0 atom stereocenters. The zero-order chi connectivity index (χ0) is 19.8. The first-order valence-electron chi connectivity index (χ1n) is 7.79. The molecule has 3 rings (SSSR count). The van der Waals surface area contributed by atoms with Gasteiger partial charge >= 0.3 is 6.11 Å². The molecule has 0 saturated carbocycles. The molecule has 0 amide bonds. The lowest BCUT2D eigenvalue weighted by molar-refractivity contribution is -0.189. The van der Waals surface area contributed by atoms with E-state index >= 15 is 0 Å². The zero-order valence-corrected chi connectivity index (χ0v) is 13.8. The highest BCUT2D eigenvalue weighted by Crippen LogP contribution is 2.37. The Balaban J connectivity index is 1.97. The number of rotatable bonds is 5. The van der Waals surface area contributed by atoms with Crippen molar-refractivity contribution in [2.24, 2.45) is 0 Å². The van der Waals surface area contributed by atoms with Crippen LogP contribution in [0.25, 0.3) is 10.8 Å². The van der Waals surface area contributed by atoms with E-state index in [4.69, 9.17) is 4.74 Å². The first-order chi connectivity index (χ1) is 12.7. The monoisotopic (exact) mass is 386 g/mol. The molecular weight excluding hydrogens is 374 g/mol. The second kappa shape index (κ2) is 7.02. The summed E-state index contributed by atoms with van der Waals surface area (Å²) in [4.78, 5) is 0. The molecule has 0 N–H and O–H groups in total. The van der Waals surface area contributed by atoms with E-state index in [-0.39, 0.29) is 23.1 Å². The highest BCUT2D eigenvalue weighted by Gasteiger charge is 2.41. The van der Waals surface area contributed by atoms with Crippen molar-refractivity contribution in [1.29, 1.82) is 0 Å². The minimum absolute atomic E-state index is 0.0786. The number of benzene rings is 3. The van der Waals surface area contributed by atoms with Gasteiger partial charge < -0.3 is 9.47 Å². The largest absolute Gasteiger partial charge is 0.494 e. The standard InChI is InChI=1S/C19H12F6O2/c1-2-26-13-8-16(22)18(17(23)9-13)19(24,25)27-12-4-3-10-6-14(20)15(21)7-11(10)5-12/h3-9H,2H2,1H3. The maximum Gasteiger partial charge on any atom is 0.432 e. The summed E-state index contributed by atoms with van der Waals surface area (Å²) in [6.07, 6.45) is -4.36. The number of fused-ring (bicyclic) bond motifs is 1. The number of halogens is 6. The fourth-order valence-corrected chi connectivity index (χ4v) is 2.56.